The van der Waals surface area contributed by atoms with E-state index in [0.717, 1.165) is 5.71 Å². The lowest BCUT2D eigenvalue weighted by molar-refractivity contribution is -0.129. The topological polar surface area (TPSA) is 122 Å². The highest BCUT2D eigenvalue weighted by molar-refractivity contribution is 6.38. The molecule has 5 rings (SSSR count). The van der Waals surface area contributed by atoms with Gasteiger partial charge in [0.1, 0.15) is 27.5 Å². The smallest absolute Gasteiger partial charge is 0.246 e. The number of fused-ring (bicyclic) bond motifs is 1. The molecular formula is C32H32Cl3F2N7O2. The number of nitrogen functional groups attached to an aromatic ring is 1. The molecule has 3 aliphatic heterocycles. The number of carbonyl (C=O) groups is 1. The van der Waals surface area contributed by atoms with Crippen molar-refractivity contribution in [3.63, 3.8) is 0 Å². The molecule has 0 aliphatic carbocycles. The number of pyridine rings is 1. The van der Waals surface area contributed by atoms with Crippen molar-refractivity contribution in [1.82, 2.24) is 14.8 Å². The Morgan fingerprint density at radius 1 is 1.22 bits per heavy atom. The number of nitrogens with zero attached hydrogens (tertiary/aromatic N) is 6. The molecule has 1 fully saturated rings. The molecule has 1 saturated heterocycles. The van der Waals surface area contributed by atoms with Gasteiger partial charge in [-0.15, -0.1) is 0 Å². The van der Waals surface area contributed by atoms with Crippen LogP contribution in [0.4, 0.5) is 20.3 Å². The van der Waals surface area contributed by atoms with Gasteiger partial charge in [-0.2, -0.15) is 5.26 Å². The number of halogens is 5. The molecule has 1 amide bonds. The molecule has 0 spiro atoms. The van der Waals surface area contributed by atoms with Gasteiger partial charge >= 0.3 is 0 Å². The number of anilines is 2. The first-order valence-electron chi connectivity index (χ1n) is 14.6. The Balaban J connectivity index is 1.79. The highest BCUT2D eigenvalue weighted by Gasteiger charge is 2.45. The van der Waals surface area contributed by atoms with E-state index in [1.165, 1.54) is 12.1 Å². The van der Waals surface area contributed by atoms with Crippen molar-refractivity contribution >= 4 is 63.6 Å². The molecule has 0 saturated carbocycles. The summed E-state index contributed by atoms with van der Waals surface area (Å²) in [6.07, 6.45) is 3.31. The number of aliphatic hydroxyl groups is 1. The molecule has 2 aromatic rings. The van der Waals surface area contributed by atoms with Gasteiger partial charge in [-0.25, -0.2) is 13.8 Å². The van der Waals surface area contributed by atoms with Crippen LogP contribution in [0, 0.1) is 34.8 Å². The van der Waals surface area contributed by atoms with Gasteiger partial charge in [0.25, 0.3) is 0 Å². The summed E-state index contributed by atoms with van der Waals surface area (Å²) >= 11 is 18.8. The van der Waals surface area contributed by atoms with Crippen molar-refractivity contribution in [2.45, 2.75) is 46.0 Å². The zero-order chi connectivity index (χ0) is 33.8. The molecule has 242 valence electrons. The molecule has 14 heteroatoms. The van der Waals surface area contributed by atoms with Crippen molar-refractivity contribution in [1.29, 1.82) is 5.26 Å². The number of carbonyl (C=O) groups excluding carboxylic acids is 1. The summed E-state index contributed by atoms with van der Waals surface area (Å²) in [4.78, 5) is 27.0. The highest BCUT2D eigenvalue weighted by atomic mass is 35.5. The molecule has 0 bridgehead atoms. The lowest BCUT2D eigenvalue weighted by Crippen LogP contribution is -2.57. The van der Waals surface area contributed by atoms with Crippen LogP contribution in [-0.4, -0.2) is 69.5 Å². The number of benzene rings is 1. The van der Waals surface area contributed by atoms with Gasteiger partial charge in [-0.1, -0.05) is 68.2 Å². The van der Waals surface area contributed by atoms with Crippen molar-refractivity contribution in [3.8, 4) is 17.3 Å². The molecule has 1 aromatic carbocycles. The van der Waals surface area contributed by atoms with Crippen LogP contribution in [0.2, 0.25) is 15.1 Å². The Morgan fingerprint density at radius 3 is 2.52 bits per heavy atom. The first kappa shape index (κ1) is 33.7. The number of amides is 1. The van der Waals surface area contributed by atoms with E-state index in [0.29, 0.717) is 30.9 Å². The Labute approximate surface area is 280 Å². The summed E-state index contributed by atoms with van der Waals surface area (Å²) in [7, 11) is 0. The van der Waals surface area contributed by atoms with Gasteiger partial charge in [0.15, 0.2) is 17.9 Å². The number of aliphatic imine (C=N–C) groups is 1. The van der Waals surface area contributed by atoms with E-state index in [-0.39, 0.29) is 45.9 Å². The van der Waals surface area contributed by atoms with E-state index in [4.69, 9.17) is 45.5 Å². The average molecular weight is 691 g/mol. The van der Waals surface area contributed by atoms with Gasteiger partial charge in [0.05, 0.1) is 33.7 Å². The summed E-state index contributed by atoms with van der Waals surface area (Å²) in [6, 6.07) is 2.86. The third-order valence-electron chi connectivity index (χ3n) is 8.60. The van der Waals surface area contributed by atoms with E-state index in [1.807, 2.05) is 38.7 Å². The number of piperazine rings is 1. The largest absolute Gasteiger partial charge is 0.397 e. The van der Waals surface area contributed by atoms with E-state index in [9.17, 15) is 19.6 Å². The fraction of sp³-hybridized carbons (Fsp3) is 0.375. The first-order chi connectivity index (χ1) is 21.7. The number of aromatic nitrogens is 1. The third kappa shape index (κ3) is 5.41. The zero-order valence-electron chi connectivity index (χ0n) is 25.5. The molecule has 3 aliphatic rings. The molecule has 4 heterocycles. The van der Waals surface area contributed by atoms with Gasteiger partial charge < -0.3 is 25.5 Å². The molecule has 1 aromatic heterocycles. The number of nitriles is 1. The second-order valence-electron chi connectivity index (χ2n) is 11.8. The average Bonchev–Trinajstić information content (AvgIpc) is 3.02. The number of rotatable bonds is 5. The molecule has 46 heavy (non-hydrogen) atoms. The number of aliphatic hydroxyl groups excluding tert-OH is 1. The Kier molecular flexibility index (Phi) is 9.40. The first-order valence-corrected chi connectivity index (χ1v) is 15.7. The predicted octanol–water partition coefficient (Wildman–Crippen LogP) is 6.29. The summed E-state index contributed by atoms with van der Waals surface area (Å²) in [5.41, 5.74) is 6.57. The maximum absolute atomic E-state index is 15.6. The van der Waals surface area contributed by atoms with Gasteiger partial charge in [0, 0.05) is 49.1 Å². The minimum atomic E-state index is -1.51. The van der Waals surface area contributed by atoms with Gasteiger partial charge in [-0.3, -0.25) is 9.79 Å². The predicted molar refractivity (Wildman–Crippen MR) is 177 cm³/mol. The molecule has 9 nitrogen and oxygen atoms in total. The van der Waals surface area contributed by atoms with Crippen LogP contribution in [0.15, 0.2) is 41.6 Å². The standard InChI is InChI=1S/C32H32Cl3F2N7O2/c1-6-20(45)43-10-9-42(13-16(43)5)30-17-11-19(33)28(21-24(36)22(34)25(37)23(35)26(21)39)41-31(17)44(32(46)18(30)12-38)29-15(4)7-8-40-27(29)14(2)3/h6-8,11,14-16,29,32,46H,1,9-10,13,39H2,2-5H3/t15?,16-,29?,32?/m1/s1. The van der Waals surface area contributed by atoms with Crippen molar-refractivity contribution in [3.05, 3.63) is 68.8 Å². The fourth-order valence-electron chi connectivity index (χ4n) is 6.37. The van der Waals surface area contributed by atoms with Crippen LogP contribution in [0.3, 0.4) is 0 Å². The normalized spacial score (nSPS) is 23.0. The summed E-state index contributed by atoms with van der Waals surface area (Å²) in [6.45, 7) is 12.3. The molecule has 0 radical (unpaired) electrons. The Hall–Kier alpha value is -3.69. The molecule has 4 atom stereocenters. The van der Waals surface area contributed by atoms with Crippen molar-refractivity contribution < 1.29 is 18.7 Å². The van der Waals surface area contributed by atoms with E-state index in [1.54, 1.807) is 16.0 Å². The maximum atomic E-state index is 15.6. The van der Waals surface area contributed by atoms with Crippen LogP contribution in [-0.2, 0) is 4.79 Å². The minimum absolute atomic E-state index is 0.0391. The van der Waals surface area contributed by atoms with Gasteiger partial charge in [-0.05, 0) is 25.0 Å². The maximum Gasteiger partial charge on any atom is 0.246 e. The SMILES string of the molecule is C=CC(=O)N1CCN(C2=C(C#N)C(O)N(C3C(C(C)C)=NC=CC3C)c3nc(-c4c(N)c(Cl)c(F)c(Cl)c4F)c(Cl)cc32)C[C@H]1C. The highest BCUT2D eigenvalue weighted by Crippen LogP contribution is 2.48. The van der Waals surface area contributed by atoms with E-state index >= 15 is 4.39 Å². The second-order valence-corrected chi connectivity index (χ2v) is 12.9. The fourth-order valence-corrected chi connectivity index (χ4v) is 7.04. The van der Waals surface area contributed by atoms with Gasteiger partial charge in [0.2, 0.25) is 5.91 Å². The Morgan fingerprint density at radius 2 is 1.91 bits per heavy atom. The van der Waals surface area contributed by atoms with Crippen LogP contribution in [0.1, 0.15) is 33.3 Å². The molecule has 3 N–H and O–H groups in total. The summed E-state index contributed by atoms with van der Waals surface area (Å²) in [5, 5.41) is 21.0. The second kappa shape index (κ2) is 12.8. The zero-order valence-corrected chi connectivity index (χ0v) is 27.8. The van der Waals surface area contributed by atoms with Crippen LogP contribution in [0.5, 0.6) is 0 Å². The van der Waals surface area contributed by atoms with E-state index in [2.05, 4.69) is 17.6 Å². The van der Waals surface area contributed by atoms with Crippen LogP contribution in [0.25, 0.3) is 17.0 Å². The lowest BCUT2D eigenvalue weighted by Gasteiger charge is -2.48. The lowest BCUT2D eigenvalue weighted by atomic mass is 9.85. The quantitative estimate of drug-likeness (QED) is 0.164. The van der Waals surface area contributed by atoms with Crippen molar-refractivity contribution in [2.75, 3.05) is 30.3 Å². The number of hydrogen-bond donors (Lipinski definition) is 2. The molecule has 3 unspecified atom stereocenters. The number of nitrogens with two attached hydrogens (primary N) is 1. The monoisotopic (exact) mass is 689 g/mol. The van der Waals surface area contributed by atoms with Crippen LogP contribution >= 0.6 is 34.8 Å². The molecular weight excluding hydrogens is 659 g/mol. The van der Waals surface area contributed by atoms with Crippen molar-refractivity contribution in [2.24, 2.45) is 16.8 Å². The minimum Gasteiger partial charge on any atom is -0.397 e. The Bertz CT molecular complexity index is 1740. The summed E-state index contributed by atoms with van der Waals surface area (Å²) < 4.78 is 30.2. The third-order valence-corrected chi connectivity index (χ3v) is 9.59. The van der Waals surface area contributed by atoms with Crippen LogP contribution < -0.4 is 10.6 Å². The number of hydrogen-bond acceptors (Lipinski definition) is 8. The summed E-state index contributed by atoms with van der Waals surface area (Å²) in [5.74, 6) is -2.75. The van der Waals surface area contributed by atoms with E-state index < -0.39 is 45.2 Å².